The molecule has 1 aromatic rings. The van der Waals surface area contributed by atoms with Gasteiger partial charge in [0.25, 0.3) is 0 Å². The molecule has 2 rings (SSSR count). The highest BCUT2D eigenvalue weighted by Crippen LogP contribution is 2.11. The second-order valence-electron chi connectivity index (χ2n) is 3.78. The minimum absolute atomic E-state index is 0.0232. The summed E-state index contributed by atoms with van der Waals surface area (Å²) < 4.78 is 1.70. The number of nitrogens with zero attached hydrogens (tertiary/aromatic N) is 2. The van der Waals surface area contributed by atoms with Crippen molar-refractivity contribution < 1.29 is 4.79 Å². The molecule has 0 aliphatic carbocycles. The Bertz CT molecular complexity index is 367. The lowest BCUT2D eigenvalue weighted by Gasteiger charge is -2.26. The molecule has 1 saturated heterocycles. The van der Waals surface area contributed by atoms with Gasteiger partial charge >= 0.3 is 0 Å². The van der Waals surface area contributed by atoms with Crippen LogP contribution in [-0.2, 0) is 18.3 Å². The third kappa shape index (κ3) is 2.02. The molecule has 15 heavy (non-hydrogen) atoms. The largest absolute Gasteiger partial charge is 0.310 e. The lowest BCUT2D eigenvalue weighted by atomic mass is 10.1. The molecule has 1 fully saturated rings. The van der Waals surface area contributed by atoms with Gasteiger partial charge in [0.05, 0.1) is 11.7 Å². The van der Waals surface area contributed by atoms with Crippen molar-refractivity contribution in [2.24, 2.45) is 7.05 Å². The SMILES string of the molecule is CCc1cc(NC(=O)[C@H]2CCN2)n(C)n1. The van der Waals surface area contributed by atoms with Gasteiger partial charge in [-0.1, -0.05) is 6.92 Å². The van der Waals surface area contributed by atoms with Crippen molar-refractivity contribution in [2.45, 2.75) is 25.8 Å². The van der Waals surface area contributed by atoms with Gasteiger partial charge < -0.3 is 10.6 Å². The molecule has 1 aliphatic heterocycles. The van der Waals surface area contributed by atoms with E-state index in [-0.39, 0.29) is 11.9 Å². The molecule has 5 heteroatoms. The van der Waals surface area contributed by atoms with Gasteiger partial charge in [-0.25, -0.2) is 0 Å². The maximum absolute atomic E-state index is 11.6. The summed E-state index contributed by atoms with van der Waals surface area (Å²) in [6.45, 7) is 2.98. The number of hydrogen-bond donors (Lipinski definition) is 2. The number of carbonyl (C=O) groups excluding carboxylic acids is 1. The molecular weight excluding hydrogens is 192 g/mol. The van der Waals surface area contributed by atoms with Gasteiger partial charge in [0, 0.05) is 13.1 Å². The Morgan fingerprint density at radius 2 is 2.53 bits per heavy atom. The van der Waals surface area contributed by atoms with Crippen molar-refractivity contribution >= 4 is 11.7 Å². The van der Waals surface area contributed by atoms with E-state index in [0.29, 0.717) is 0 Å². The van der Waals surface area contributed by atoms with Crippen LogP contribution in [0.5, 0.6) is 0 Å². The number of aryl methyl sites for hydroxylation is 2. The Labute approximate surface area is 88.8 Å². The molecule has 2 heterocycles. The number of amides is 1. The normalized spacial score (nSPS) is 19.7. The number of anilines is 1. The number of nitrogens with one attached hydrogen (secondary N) is 2. The molecule has 1 aliphatic rings. The summed E-state index contributed by atoms with van der Waals surface area (Å²) in [5, 5.41) is 10.2. The summed E-state index contributed by atoms with van der Waals surface area (Å²) in [6.07, 6.45) is 1.80. The van der Waals surface area contributed by atoms with E-state index < -0.39 is 0 Å². The van der Waals surface area contributed by atoms with Crippen LogP contribution in [0.4, 0.5) is 5.82 Å². The van der Waals surface area contributed by atoms with Gasteiger partial charge in [-0.05, 0) is 19.4 Å². The fourth-order valence-electron chi connectivity index (χ4n) is 1.54. The van der Waals surface area contributed by atoms with Crippen LogP contribution < -0.4 is 10.6 Å². The predicted octanol–water partition coefficient (Wildman–Crippen LogP) is 0.283. The summed E-state index contributed by atoms with van der Waals surface area (Å²) in [4.78, 5) is 11.6. The number of aromatic nitrogens is 2. The quantitative estimate of drug-likeness (QED) is 0.750. The van der Waals surface area contributed by atoms with Crippen LogP contribution in [0.25, 0.3) is 0 Å². The van der Waals surface area contributed by atoms with Gasteiger partial charge in [0.2, 0.25) is 5.91 Å². The fourth-order valence-corrected chi connectivity index (χ4v) is 1.54. The Morgan fingerprint density at radius 1 is 1.80 bits per heavy atom. The molecule has 0 radical (unpaired) electrons. The van der Waals surface area contributed by atoms with Crippen LogP contribution in [0.15, 0.2) is 6.07 Å². The van der Waals surface area contributed by atoms with Crippen LogP contribution in [0, 0.1) is 0 Å². The average molecular weight is 208 g/mol. The zero-order valence-corrected chi connectivity index (χ0v) is 9.08. The highest BCUT2D eigenvalue weighted by atomic mass is 16.2. The molecule has 1 aromatic heterocycles. The van der Waals surface area contributed by atoms with Crippen molar-refractivity contribution in [1.29, 1.82) is 0 Å². The van der Waals surface area contributed by atoms with E-state index in [1.54, 1.807) is 4.68 Å². The third-order valence-corrected chi connectivity index (χ3v) is 2.68. The highest BCUT2D eigenvalue weighted by molar-refractivity contribution is 5.94. The molecule has 1 amide bonds. The van der Waals surface area contributed by atoms with Crippen LogP contribution in [-0.4, -0.2) is 28.3 Å². The Kier molecular flexibility index (Phi) is 2.73. The number of carbonyl (C=O) groups is 1. The predicted molar refractivity (Wildman–Crippen MR) is 57.6 cm³/mol. The zero-order chi connectivity index (χ0) is 10.8. The molecule has 0 spiro atoms. The molecule has 1 atom stereocenters. The monoisotopic (exact) mass is 208 g/mol. The lowest BCUT2D eigenvalue weighted by molar-refractivity contribution is -0.119. The first-order valence-corrected chi connectivity index (χ1v) is 5.28. The second-order valence-corrected chi connectivity index (χ2v) is 3.78. The maximum atomic E-state index is 11.6. The van der Waals surface area contributed by atoms with Gasteiger partial charge in [-0.15, -0.1) is 0 Å². The van der Waals surface area contributed by atoms with Crippen molar-refractivity contribution in [3.63, 3.8) is 0 Å². The first-order chi connectivity index (χ1) is 7.20. The molecular formula is C10H16N4O. The third-order valence-electron chi connectivity index (χ3n) is 2.68. The summed E-state index contributed by atoms with van der Waals surface area (Å²) in [5.74, 6) is 0.803. The van der Waals surface area contributed by atoms with Crippen molar-refractivity contribution in [3.05, 3.63) is 11.8 Å². The molecule has 0 bridgehead atoms. The number of hydrogen-bond acceptors (Lipinski definition) is 3. The van der Waals surface area contributed by atoms with Crippen molar-refractivity contribution in [1.82, 2.24) is 15.1 Å². The maximum Gasteiger partial charge on any atom is 0.242 e. The Balaban J connectivity index is 2.02. The van der Waals surface area contributed by atoms with E-state index in [9.17, 15) is 4.79 Å². The first-order valence-electron chi connectivity index (χ1n) is 5.28. The van der Waals surface area contributed by atoms with Crippen molar-refractivity contribution in [2.75, 3.05) is 11.9 Å². The minimum Gasteiger partial charge on any atom is -0.310 e. The van der Waals surface area contributed by atoms with Crippen molar-refractivity contribution in [3.8, 4) is 0 Å². The van der Waals surface area contributed by atoms with E-state index in [2.05, 4.69) is 15.7 Å². The van der Waals surface area contributed by atoms with E-state index >= 15 is 0 Å². The molecule has 0 unspecified atom stereocenters. The lowest BCUT2D eigenvalue weighted by Crippen LogP contribution is -2.51. The Morgan fingerprint density at radius 3 is 3.00 bits per heavy atom. The van der Waals surface area contributed by atoms with Gasteiger partial charge in [0.1, 0.15) is 5.82 Å². The second kappa shape index (κ2) is 4.02. The molecule has 0 aromatic carbocycles. The summed E-state index contributed by atoms with van der Waals surface area (Å²) >= 11 is 0. The molecule has 5 nitrogen and oxygen atoms in total. The van der Waals surface area contributed by atoms with Crippen LogP contribution in [0.2, 0.25) is 0 Å². The van der Waals surface area contributed by atoms with E-state index in [1.807, 2.05) is 20.0 Å². The smallest absolute Gasteiger partial charge is 0.242 e. The first kappa shape index (κ1) is 10.2. The van der Waals surface area contributed by atoms with Crippen LogP contribution >= 0.6 is 0 Å². The molecule has 0 saturated carbocycles. The summed E-state index contributed by atoms with van der Waals surface area (Å²) in [6, 6.07) is 1.89. The number of rotatable bonds is 3. The average Bonchev–Trinajstić information content (AvgIpc) is 2.44. The van der Waals surface area contributed by atoms with Crippen LogP contribution in [0.3, 0.4) is 0 Å². The fraction of sp³-hybridized carbons (Fsp3) is 0.600. The molecule has 2 N–H and O–H groups in total. The van der Waals surface area contributed by atoms with Gasteiger partial charge in [-0.3, -0.25) is 9.48 Å². The van der Waals surface area contributed by atoms with E-state index in [0.717, 1.165) is 30.9 Å². The minimum atomic E-state index is -0.0232. The van der Waals surface area contributed by atoms with Gasteiger partial charge in [-0.2, -0.15) is 5.10 Å². The van der Waals surface area contributed by atoms with E-state index in [1.165, 1.54) is 0 Å². The Hall–Kier alpha value is -1.36. The topological polar surface area (TPSA) is 59.0 Å². The molecule has 82 valence electrons. The highest BCUT2D eigenvalue weighted by Gasteiger charge is 2.25. The van der Waals surface area contributed by atoms with E-state index in [4.69, 9.17) is 0 Å². The standard InChI is InChI=1S/C10H16N4O/c1-3-7-6-9(14(2)13-7)12-10(15)8-4-5-11-8/h6,8,11H,3-5H2,1-2H3,(H,12,15)/t8-/m1/s1. The zero-order valence-electron chi connectivity index (χ0n) is 9.08. The summed E-state index contributed by atoms with van der Waals surface area (Å²) in [7, 11) is 1.84. The van der Waals surface area contributed by atoms with Crippen LogP contribution in [0.1, 0.15) is 19.0 Å². The van der Waals surface area contributed by atoms with Gasteiger partial charge in [0.15, 0.2) is 0 Å². The summed E-state index contributed by atoms with van der Waals surface area (Å²) in [5.41, 5.74) is 0.995.